The first kappa shape index (κ1) is 19.4. The summed E-state index contributed by atoms with van der Waals surface area (Å²) >= 11 is 1.50. The third-order valence-corrected chi connectivity index (χ3v) is 4.24. The minimum Gasteiger partial charge on any atom is -0.383 e. The van der Waals surface area contributed by atoms with Crippen LogP contribution in [0, 0.1) is 0 Å². The van der Waals surface area contributed by atoms with Crippen molar-refractivity contribution in [3.63, 3.8) is 0 Å². The normalized spacial score (nSPS) is 15.7. The van der Waals surface area contributed by atoms with Crippen molar-refractivity contribution in [2.24, 2.45) is 4.99 Å². The van der Waals surface area contributed by atoms with Gasteiger partial charge in [0, 0.05) is 64.8 Å². The van der Waals surface area contributed by atoms with Crippen LogP contribution in [0.2, 0.25) is 0 Å². The smallest absolute Gasteiger partial charge is 0.205 e. The van der Waals surface area contributed by atoms with Gasteiger partial charge in [-0.15, -0.1) is 24.0 Å². The van der Waals surface area contributed by atoms with Crippen LogP contribution in [0.4, 0.5) is 5.13 Å². The van der Waals surface area contributed by atoms with E-state index >= 15 is 0 Å². The molecule has 1 saturated heterocycles. The standard InChI is InChI=1S/C13H24N6OS.HI/c1-4-11-16-13(21-17-11)19-8-6-18(7-9-19)12(14-2)15-5-10-20-3;/h4-10H2,1-3H3,(H,14,15);1H. The summed E-state index contributed by atoms with van der Waals surface area (Å²) < 4.78 is 9.41. The lowest BCUT2D eigenvalue weighted by Gasteiger charge is -2.36. The first-order chi connectivity index (χ1) is 10.3. The number of hydrogen-bond donors (Lipinski definition) is 1. The van der Waals surface area contributed by atoms with Crippen LogP contribution in [0.5, 0.6) is 0 Å². The Bertz CT molecular complexity index is 461. The molecule has 2 heterocycles. The molecule has 0 atom stereocenters. The minimum atomic E-state index is 0. The number of rotatable bonds is 5. The van der Waals surface area contributed by atoms with Crippen LogP contribution < -0.4 is 10.2 Å². The number of guanidine groups is 1. The number of aliphatic imine (C=N–C) groups is 1. The first-order valence-electron chi connectivity index (χ1n) is 7.30. The second-order valence-corrected chi connectivity index (χ2v) is 5.52. The molecule has 0 radical (unpaired) electrons. The van der Waals surface area contributed by atoms with Gasteiger partial charge in [0.2, 0.25) is 5.13 Å². The summed E-state index contributed by atoms with van der Waals surface area (Å²) in [5.74, 6) is 1.88. The molecule has 0 bridgehead atoms. The lowest BCUT2D eigenvalue weighted by Crippen LogP contribution is -2.53. The fourth-order valence-corrected chi connectivity index (χ4v) is 3.02. The highest BCUT2D eigenvalue weighted by Gasteiger charge is 2.21. The number of aromatic nitrogens is 2. The molecule has 1 N–H and O–H groups in total. The van der Waals surface area contributed by atoms with Crippen LogP contribution in [0.25, 0.3) is 0 Å². The maximum atomic E-state index is 5.05. The van der Waals surface area contributed by atoms with Gasteiger partial charge >= 0.3 is 0 Å². The number of ether oxygens (including phenoxy) is 1. The van der Waals surface area contributed by atoms with Gasteiger partial charge in [0.25, 0.3) is 0 Å². The van der Waals surface area contributed by atoms with Crippen LogP contribution >= 0.6 is 35.5 Å². The third kappa shape index (κ3) is 5.20. The van der Waals surface area contributed by atoms with Crippen LogP contribution in [-0.4, -0.2) is 73.7 Å². The van der Waals surface area contributed by atoms with E-state index in [1.54, 1.807) is 7.11 Å². The maximum absolute atomic E-state index is 5.05. The van der Waals surface area contributed by atoms with Crippen molar-refractivity contribution in [3.8, 4) is 0 Å². The summed E-state index contributed by atoms with van der Waals surface area (Å²) in [5, 5.41) is 4.35. The number of aryl methyl sites for hydroxylation is 1. The van der Waals surface area contributed by atoms with Gasteiger partial charge in [-0.1, -0.05) is 6.92 Å². The fraction of sp³-hybridized carbons (Fsp3) is 0.769. The van der Waals surface area contributed by atoms with Crippen molar-refractivity contribution in [1.82, 2.24) is 19.6 Å². The number of anilines is 1. The molecule has 7 nitrogen and oxygen atoms in total. The maximum Gasteiger partial charge on any atom is 0.205 e. The lowest BCUT2D eigenvalue weighted by molar-refractivity contribution is 0.202. The minimum absolute atomic E-state index is 0. The Labute approximate surface area is 153 Å². The zero-order valence-electron chi connectivity index (χ0n) is 13.4. The van der Waals surface area contributed by atoms with Crippen molar-refractivity contribution in [1.29, 1.82) is 0 Å². The van der Waals surface area contributed by atoms with Crippen molar-refractivity contribution >= 4 is 46.6 Å². The van der Waals surface area contributed by atoms with Gasteiger partial charge < -0.3 is 19.9 Å². The molecule has 0 aromatic carbocycles. The molecule has 0 amide bonds. The monoisotopic (exact) mass is 440 g/mol. The third-order valence-electron chi connectivity index (χ3n) is 3.42. The van der Waals surface area contributed by atoms with Gasteiger partial charge in [0.1, 0.15) is 5.82 Å². The highest BCUT2D eigenvalue weighted by molar-refractivity contribution is 14.0. The average Bonchev–Trinajstić information content (AvgIpc) is 3.01. The predicted molar refractivity (Wildman–Crippen MR) is 102 cm³/mol. The molecular formula is C13H25IN6OS. The molecule has 1 aliphatic rings. The molecule has 9 heteroatoms. The fourth-order valence-electron chi connectivity index (χ4n) is 2.22. The summed E-state index contributed by atoms with van der Waals surface area (Å²) in [7, 11) is 3.52. The number of hydrogen-bond acceptors (Lipinski definition) is 6. The molecular weight excluding hydrogens is 415 g/mol. The van der Waals surface area contributed by atoms with Gasteiger partial charge in [-0.3, -0.25) is 4.99 Å². The van der Waals surface area contributed by atoms with Gasteiger partial charge in [-0.2, -0.15) is 4.37 Å². The van der Waals surface area contributed by atoms with E-state index in [1.165, 1.54) is 11.5 Å². The second kappa shape index (κ2) is 10.2. The molecule has 0 unspecified atom stereocenters. The summed E-state index contributed by atoms with van der Waals surface area (Å²) in [4.78, 5) is 13.5. The Morgan fingerprint density at radius 2 is 2.09 bits per heavy atom. The summed E-state index contributed by atoms with van der Waals surface area (Å²) in [6, 6.07) is 0. The zero-order valence-corrected chi connectivity index (χ0v) is 16.6. The van der Waals surface area contributed by atoms with E-state index in [9.17, 15) is 0 Å². The Balaban J connectivity index is 0.00000242. The van der Waals surface area contributed by atoms with Crippen molar-refractivity contribution in [2.45, 2.75) is 13.3 Å². The molecule has 1 fully saturated rings. The Morgan fingerprint density at radius 1 is 1.36 bits per heavy atom. The molecule has 2 rings (SSSR count). The number of nitrogens with zero attached hydrogens (tertiary/aromatic N) is 5. The van der Waals surface area contributed by atoms with E-state index in [2.05, 4.69) is 36.4 Å². The number of nitrogens with one attached hydrogen (secondary N) is 1. The largest absolute Gasteiger partial charge is 0.383 e. The van der Waals surface area contributed by atoms with E-state index in [0.29, 0.717) is 6.61 Å². The first-order valence-corrected chi connectivity index (χ1v) is 8.07. The van der Waals surface area contributed by atoms with Gasteiger partial charge in [0.15, 0.2) is 5.96 Å². The SMILES string of the molecule is CCc1nsc(N2CCN(C(=NC)NCCOC)CC2)n1.I. The van der Waals surface area contributed by atoms with Gasteiger partial charge in [-0.25, -0.2) is 4.98 Å². The second-order valence-electron chi connectivity index (χ2n) is 4.79. The summed E-state index contributed by atoms with van der Waals surface area (Å²) in [5.41, 5.74) is 0. The predicted octanol–water partition coefficient (Wildman–Crippen LogP) is 1.06. The van der Waals surface area contributed by atoms with E-state index in [4.69, 9.17) is 4.74 Å². The molecule has 126 valence electrons. The molecule has 0 aliphatic carbocycles. The Kier molecular flexibility index (Phi) is 8.95. The number of piperazine rings is 1. The van der Waals surface area contributed by atoms with E-state index in [1.807, 2.05) is 7.05 Å². The Morgan fingerprint density at radius 3 is 2.64 bits per heavy atom. The number of methoxy groups -OCH3 is 1. The Hall–Kier alpha value is -0.680. The van der Waals surface area contributed by atoms with Gasteiger partial charge in [-0.05, 0) is 0 Å². The molecule has 1 aliphatic heterocycles. The average molecular weight is 440 g/mol. The molecule has 1 aromatic rings. The molecule has 0 saturated carbocycles. The van der Waals surface area contributed by atoms with Crippen LogP contribution in [0.1, 0.15) is 12.7 Å². The van der Waals surface area contributed by atoms with Crippen LogP contribution in [0.15, 0.2) is 4.99 Å². The zero-order chi connectivity index (χ0) is 15.1. The molecule has 1 aromatic heterocycles. The van der Waals surface area contributed by atoms with Crippen LogP contribution in [-0.2, 0) is 11.2 Å². The highest BCUT2D eigenvalue weighted by atomic mass is 127. The van der Waals surface area contributed by atoms with E-state index < -0.39 is 0 Å². The van der Waals surface area contributed by atoms with E-state index in [-0.39, 0.29) is 24.0 Å². The quantitative estimate of drug-likeness (QED) is 0.320. The summed E-state index contributed by atoms with van der Waals surface area (Å²) in [6.07, 6.45) is 0.895. The number of halogens is 1. The highest BCUT2D eigenvalue weighted by Crippen LogP contribution is 2.19. The summed E-state index contributed by atoms with van der Waals surface area (Å²) in [6.45, 7) is 7.32. The topological polar surface area (TPSA) is 65.9 Å². The van der Waals surface area contributed by atoms with E-state index in [0.717, 1.165) is 56.1 Å². The lowest BCUT2D eigenvalue weighted by atomic mass is 10.3. The van der Waals surface area contributed by atoms with Gasteiger partial charge in [0.05, 0.1) is 6.61 Å². The van der Waals surface area contributed by atoms with Crippen LogP contribution in [0.3, 0.4) is 0 Å². The van der Waals surface area contributed by atoms with Crippen molar-refractivity contribution in [3.05, 3.63) is 5.82 Å². The van der Waals surface area contributed by atoms with Crippen molar-refractivity contribution < 1.29 is 4.74 Å². The molecule has 22 heavy (non-hydrogen) atoms. The van der Waals surface area contributed by atoms with Crippen molar-refractivity contribution in [2.75, 3.05) is 58.4 Å². The molecule has 0 spiro atoms.